The maximum atomic E-state index is 6.31. The topological polar surface area (TPSA) is 38.9 Å². The number of thiophene rings is 1. The van der Waals surface area contributed by atoms with Gasteiger partial charge in [0.2, 0.25) is 5.71 Å². The van der Waals surface area contributed by atoms with Crippen LogP contribution in [-0.2, 0) is 0 Å². The maximum Gasteiger partial charge on any atom is 0.246 e. The Hall–Kier alpha value is -5.32. The monoisotopic (exact) mass is 554 g/mol. The summed E-state index contributed by atoms with van der Waals surface area (Å²) in [6.45, 7) is 0. The lowest BCUT2D eigenvalue weighted by Gasteiger charge is -2.13. The zero-order chi connectivity index (χ0) is 27.6. The van der Waals surface area contributed by atoms with Crippen LogP contribution in [-0.4, -0.2) is 9.97 Å². The second-order valence-electron chi connectivity index (χ2n) is 10.6. The lowest BCUT2D eigenvalue weighted by molar-refractivity contribution is 0.655. The van der Waals surface area contributed by atoms with Crippen molar-refractivity contribution in [3.05, 3.63) is 133 Å². The quantitative estimate of drug-likeness (QED) is 0.218. The molecule has 3 heterocycles. The van der Waals surface area contributed by atoms with Gasteiger partial charge >= 0.3 is 0 Å². The van der Waals surface area contributed by atoms with Gasteiger partial charge in [0.05, 0.1) is 16.4 Å². The largest absolute Gasteiger partial charge is 0.436 e. The van der Waals surface area contributed by atoms with Crippen molar-refractivity contribution in [2.24, 2.45) is 0 Å². The van der Waals surface area contributed by atoms with Crippen molar-refractivity contribution in [1.82, 2.24) is 9.97 Å². The number of fused-ring (bicyclic) bond motifs is 7. The summed E-state index contributed by atoms with van der Waals surface area (Å²) in [7, 11) is 0. The predicted octanol–water partition coefficient (Wildman–Crippen LogP) is 10.9. The highest BCUT2D eigenvalue weighted by atomic mass is 32.1. The third kappa shape index (κ3) is 3.52. The van der Waals surface area contributed by atoms with E-state index in [0.29, 0.717) is 5.71 Å². The minimum absolute atomic E-state index is 0.559. The molecule has 0 bridgehead atoms. The summed E-state index contributed by atoms with van der Waals surface area (Å²) in [5.74, 6) is 0. The molecule has 0 saturated heterocycles. The molecule has 0 unspecified atom stereocenters. The summed E-state index contributed by atoms with van der Waals surface area (Å²) in [6, 6.07) is 46.9. The Balaban J connectivity index is 1.31. The average Bonchev–Trinajstić information content (AvgIpc) is 3.61. The van der Waals surface area contributed by atoms with Crippen LogP contribution in [0.2, 0.25) is 0 Å². The molecule has 196 valence electrons. The van der Waals surface area contributed by atoms with Gasteiger partial charge in [0, 0.05) is 25.7 Å². The van der Waals surface area contributed by atoms with Gasteiger partial charge in [0.1, 0.15) is 11.1 Å². The molecule has 9 aromatic rings. The van der Waals surface area contributed by atoms with E-state index in [4.69, 9.17) is 14.4 Å². The van der Waals surface area contributed by atoms with Crippen LogP contribution >= 0.6 is 11.3 Å². The fraction of sp³-hybridized carbons (Fsp3) is 0. The summed E-state index contributed by atoms with van der Waals surface area (Å²) >= 11 is 1.86. The summed E-state index contributed by atoms with van der Waals surface area (Å²) in [6.07, 6.45) is 0. The molecule has 42 heavy (non-hydrogen) atoms. The standard InChI is InChI=1S/C38H22N2OS/c1-2-10-23(11-3-1)34-26(20-21-32-35(34)36-38(41-32)40-31-18-6-5-17-30(31)39-36)24-12-8-13-25(22-24)27-15-9-16-29-28-14-4-7-19-33(28)42-37(27)29/h1-22H. The first-order chi connectivity index (χ1) is 20.8. The number of hydrogen-bond acceptors (Lipinski definition) is 4. The van der Waals surface area contributed by atoms with E-state index in [9.17, 15) is 0 Å². The van der Waals surface area contributed by atoms with Crippen molar-refractivity contribution < 1.29 is 4.42 Å². The molecule has 4 heteroatoms. The first-order valence-electron chi connectivity index (χ1n) is 14.0. The van der Waals surface area contributed by atoms with Gasteiger partial charge in [-0.2, -0.15) is 0 Å². The number of furan rings is 1. The smallest absolute Gasteiger partial charge is 0.246 e. The van der Waals surface area contributed by atoms with E-state index in [1.807, 2.05) is 35.6 Å². The zero-order valence-electron chi connectivity index (χ0n) is 22.4. The van der Waals surface area contributed by atoms with E-state index < -0.39 is 0 Å². The van der Waals surface area contributed by atoms with Crippen LogP contribution in [0.25, 0.3) is 86.8 Å². The summed E-state index contributed by atoms with van der Waals surface area (Å²) in [5.41, 5.74) is 10.8. The molecule has 6 aromatic carbocycles. The van der Waals surface area contributed by atoms with Gasteiger partial charge in [-0.25, -0.2) is 9.97 Å². The van der Waals surface area contributed by atoms with Crippen molar-refractivity contribution in [3.8, 4) is 33.4 Å². The van der Waals surface area contributed by atoms with Gasteiger partial charge in [0.15, 0.2) is 0 Å². The molecule has 0 atom stereocenters. The number of nitrogens with zero attached hydrogens (tertiary/aromatic N) is 2. The van der Waals surface area contributed by atoms with Crippen molar-refractivity contribution >= 4 is 64.7 Å². The lowest BCUT2D eigenvalue weighted by Crippen LogP contribution is -1.89. The van der Waals surface area contributed by atoms with Gasteiger partial charge in [-0.05, 0) is 58.1 Å². The normalized spacial score (nSPS) is 11.8. The van der Waals surface area contributed by atoms with Crippen LogP contribution in [0.4, 0.5) is 0 Å². The Kier molecular flexibility index (Phi) is 5.07. The van der Waals surface area contributed by atoms with Crippen LogP contribution in [0.5, 0.6) is 0 Å². The van der Waals surface area contributed by atoms with E-state index in [1.165, 1.54) is 31.3 Å². The predicted molar refractivity (Wildman–Crippen MR) is 176 cm³/mol. The van der Waals surface area contributed by atoms with Crippen molar-refractivity contribution in [3.63, 3.8) is 0 Å². The number of hydrogen-bond donors (Lipinski definition) is 0. The molecule has 0 radical (unpaired) electrons. The van der Waals surface area contributed by atoms with Crippen molar-refractivity contribution in [2.75, 3.05) is 0 Å². The molecule has 0 amide bonds. The fourth-order valence-corrected chi connectivity index (χ4v) is 7.44. The van der Waals surface area contributed by atoms with E-state index in [-0.39, 0.29) is 0 Å². The summed E-state index contributed by atoms with van der Waals surface area (Å²) < 4.78 is 8.94. The number of rotatable bonds is 3. The number of aromatic nitrogens is 2. The van der Waals surface area contributed by atoms with Gasteiger partial charge < -0.3 is 4.42 Å². The Morgan fingerprint density at radius 1 is 0.524 bits per heavy atom. The fourth-order valence-electron chi connectivity index (χ4n) is 6.20. The molecular weight excluding hydrogens is 532 g/mol. The van der Waals surface area contributed by atoms with Gasteiger partial charge in [0.25, 0.3) is 0 Å². The second-order valence-corrected chi connectivity index (χ2v) is 11.6. The molecular formula is C38H22N2OS. The van der Waals surface area contributed by atoms with Gasteiger partial charge in [-0.3, -0.25) is 0 Å². The lowest BCUT2D eigenvalue weighted by atomic mass is 9.90. The van der Waals surface area contributed by atoms with Gasteiger partial charge in [-0.15, -0.1) is 11.3 Å². The first kappa shape index (κ1) is 23.4. The molecule has 0 aliphatic rings. The minimum Gasteiger partial charge on any atom is -0.436 e. The van der Waals surface area contributed by atoms with E-state index in [1.54, 1.807) is 0 Å². The summed E-state index contributed by atoms with van der Waals surface area (Å²) in [5, 5.41) is 3.61. The van der Waals surface area contributed by atoms with E-state index in [2.05, 4.69) is 109 Å². The van der Waals surface area contributed by atoms with Crippen LogP contribution in [0.15, 0.2) is 138 Å². The second kappa shape index (κ2) is 9.10. The number of para-hydroxylation sites is 2. The third-order valence-electron chi connectivity index (χ3n) is 8.10. The highest BCUT2D eigenvalue weighted by Crippen LogP contribution is 2.44. The molecule has 0 aliphatic heterocycles. The number of benzene rings is 6. The van der Waals surface area contributed by atoms with E-state index >= 15 is 0 Å². The highest BCUT2D eigenvalue weighted by Gasteiger charge is 2.20. The Morgan fingerprint density at radius 3 is 2.10 bits per heavy atom. The van der Waals surface area contributed by atoms with Gasteiger partial charge in [-0.1, -0.05) is 103 Å². The first-order valence-corrected chi connectivity index (χ1v) is 14.8. The third-order valence-corrected chi connectivity index (χ3v) is 9.32. The molecule has 0 N–H and O–H groups in total. The Bertz CT molecular complexity index is 2470. The Labute approximate surface area is 245 Å². The molecule has 3 aromatic heterocycles. The van der Waals surface area contributed by atoms with Crippen LogP contribution in [0, 0.1) is 0 Å². The molecule has 0 saturated carbocycles. The molecule has 9 rings (SSSR count). The van der Waals surface area contributed by atoms with Crippen molar-refractivity contribution in [2.45, 2.75) is 0 Å². The molecule has 0 spiro atoms. The molecule has 0 aliphatic carbocycles. The summed E-state index contributed by atoms with van der Waals surface area (Å²) in [4.78, 5) is 9.88. The highest BCUT2D eigenvalue weighted by molar-refractivity contribution is 7.26. The van der Waals surface area contributed by atoms with Crippen molar-refractivity contribution in [1.29, 1.82) is 0 Å². The SMILES string of the molecule is c1ccc(-c2c(-c3cccc(-c4cccc5c4sc4ccccc45)c3)ccc3oc4nc5ccccc5nc4c23)cc1. The van der Waals surface area contributed by atoms with Crippen LogP contribution in [0.3, 0.4) is 0 Å². The average molecular weight is 555 g/mol. The maximum absolute atomic E-state index is 6.31. The van der Waals surface area contributed by atoms with Crippen LogP contribution < -0.4 is 0 Å². The van der Waals surface area contributed by atoms with Crippen LogP contribution in [0.1, 0.15) is 0 Å². The zero-order valence-corrected chi connectivity index (χ0v) is 23.2. The molecule has 0 fully saturated rings. The van der Waals surface area contributed by atoms with E-state index in [0.717, 1.165) is 49.8 Å². The Morgan fingerprint density at radius 2 is 1.21 bits per heavy atom. The molecule has 3 nitrogen and oxygen atoms in total. The minimum atomic E-state index is 0.559.